The van der Waals surface area contributed by atoms with Crippen LogP contribution in [0, 0.1) is 0 Å². The van der Waals surface area contributed by atoms with Gasteiger partial charge in [-0.3, -0.25) is 0 Å². The Kier molecular flexibility index (Phi) is 4.71. The van der Waals surface area contributed by atoms with Crippen LogP contribution in [0.2, 0.25) is 0 Å². The van der Waals surface area contributed by atoms with Gasteiger partial charge in [0, 0.05) is 30.5 Å². The highest BCUT2D eigenvalue weighted by molar-refractivity contribution is 6.62. The third-order valence-corrected chi connectivity index (χ3v) is 7.08. The molecule has 0 unspecified atom stereocenters. The summed E-state index contributed by atoms with van der Waals surface area (Å²) in [5, 5.41) is 1.23. The number of hydrogen-bond acceptors (Lipinski definition) is 3. The third-order valence-electron chi connectivity index (χ3n) is 7.08. The molecule has 0 spiro atoms. The molecule has 4 nitrogen and oxygen atoms in total. The van der Waals surface area contributed by atoms with Gasteiger partial charge in [0.05, 0.1) is 11.2 Å². The molecule has 2 aliphatic heterocycles. The van der Waals surface area contributed by atoms with E-state index in [1.54, 1.807) is 0 Å². The number of hydrogen-bond donors (Lipinski definition) is 1. The van der Waals surface area contributed by atoms with Crippen molar-refractivity contribution >= 4 is 29.2 Å². The maximum Gasteiger partial charge on any atom is 0.494 e. The standard InChI is InChI=1S/C25H31BN2O2/c1-24(2)25(3,4)30-26(29-24)21-14-20(15-22(17-21)28-12-6-5-7-13-28)19-9-8-18-10-11-27-23(18)16-19/h8-11,14-17,27H,5-7,12-13H2,1-4H3. The first-order chi connectivity index (χ1) is 14.3. The second-order valence-corrected chi connectivity index (χ2v) is 9.73. The van der Waals surface area contributed by atoms with Crippen molar-refractivity contribution in [2.75, 3.05) is 18.0 Å². The van der Waals surface area contributed by atoms with Gasteiger partial charge in [0.25, 0.3) is 0 Å². The molecule has 3 heterocycles. The molecule has 0 radical (unpaired) electrons. The van der Waals surface area contributed by atoms with Gasteiger partial charge in [0.2, 0.25) is 0 Å². The van der Waals surface area contributed by atoms with Crippen LogP contribution >= 0.6 is 0 Å². The van der Waals surface area contributed by atoms with Crippen molar-refractivity contribution in [3.8, 4) is 11.1 Å². The van der Waals surface area contributed by atoms with Crippen LogP contribution in [0.1, 0.15) is 47.0 Å². The van der Waals surface area contributed by atoms with E-state index in [0.29, 0.717) is 0 Å². The topological polar surface area (TPSA) is 37.5 Å². The van der Waals surface area contributed by atoms with Crippen molar-refractivity contribution in [3.05, 3.63) is 48.7 Å². The van der Waals surface area contributed by atoms with E-state index in [2.05, 4.69) is 80.0 Å². The lowest BCUT2D eigenvalue weighted by Crippen LogP contribution is -2.41. The molecule has 156 valence electrons. The van der Waals surface area contributed by atoms with E-state index in [0.717, 1.165) is 24.1 Å². The first-order valence-corrected chi connectivity index (χ1v) is 11.2. The molecule has 0 atom stereocenters. The number of anilines is 1. The Hall–Kier alpha value is -2.24. The van der Waals surface area contributed by atoms with Gasteiger partial charge in [-0.05, 0) is 93.2 Å². The molecular weight excluding hydrogens is 371 g/mol. The molecule has 0 amide bonds. The molecule has 0 bridgehead atoms. The lowest BCUT2D eigenvalue weighted by Gasteiger charge is -2.32. The molecule has 5 rings (SSSR count). The van der Waals surface area contributed by atoms with Gasteiger partial charge in [0.15, 0.2) is 0 Å². The van der Waals surface area contributed by atoms with Crippen LogP contribution in [0.3, 0.4) is 0 Å². The summed E-state index contributed by atoms with van der Waals surface area (Å²) < 4.78 is 12.8. The number of H-pyrrole nitrogens is 1. The van der Waals surface area contributed by atoms with Crippen molar-refractivity contribution in [2.24, 2.45) is 0 Å². The summed E-state index contributed by atoms with van der Waals surface area (Å²) in [4.78, 5) is 5.85. The van der Waals surface area contributed by atoms with Crippen LogP contribution in [-0.2, 0) is 9.31 Å². The second-order valence-electron chi connectivity index (χ2n) is 9.73. The minimum atomic E-state index is -0.354. The molecule has 1 N–H and O–H groups in total. The largest absolute Gasteiger partial charge is 0.494 e. The lowest BCUT2D eigenvalue weighted by molar-refractivity contribution is 0.00578. The number of nitrogens with zero attached hydrogens (tertiary/aromatic N) is 1. The molecular formula is C25H31BN2O2. The molecule has 3 aromatic rings. The number of piperidine rings is 1. The van der Waals surface area contributed by atoms with E-state index in [1.165, 1.54) is 41.5 Å². The van der Waals surface area contributed by atoms with Gasteiger partial charge in [-0.25, -0.2) is 0 Å². The smallest absolute Gasteiger partial charge is 0.399 e. The number of nitrogens with one attached hydrogen (secondary N) is 1. The SMILES string of the molecule is CC1(C)OB(c2cc(-c3ccc4cc[nH]c4c3)cc(N3CCCCC3)c2)OC1(C)C. The van der Waals surface area contributed by atoms with E-state index < -0.39 is 0 Å². The second kappa shape index (κ2) is 7.17. The van der Waals surface area contributed by atoms with Crippen LogP contribution in [0.4, 0.5) is 5.69 Å². The molecule has 2 fully saturated rings. The molecule has 30 heavy (non-hydrogen) atoms. The van der Waals surface area contributed by atoms with Crippen LogP contribution in [0.5, 0.6) is 0 Å². The van der Waals surface area contributed by atoms with Gasteiger partial charge < -0.3 is 19.2 Å². The van der Waals surface area contributed by atoms with Crippen molar-refractivity contribution < 1.29 is 9.31 Å². The van der Waals surface area contributed by atoms with E-state index in [9.17, 15) is 0 Å². The molecule has 5 heteroatoms. The fourth-order valence-electron chi connectivity index (χ4n) is 4.48. The lowest BCUT2D eigenvalue weighted by atomic mass is 9.77. The highest BCUT2D eigenvalue weighted by Gasteiger charge is 2.51. The van der Waals surface area contributed by atoms with E-state index >= 15 is 0 Å². The van der Waals surface area contributed by atoms with Crippen LogP contribution < -0.4 is 10.4 Å². The summed E-state index contributed by atoms with van der Waals surface area (Å²) >= 11 is 0. The van der Waals surface area contributed by atoms with E-state index in [4.69, 9.17) is 9.31 Å². The predicted molar refractivity (Wildman–Crippen MR) is 126 cm³/mol. The van der Waals surface area contributed by atoms with Crippen molar-refractivity contribution in [1.29, 1.82) is 0 Å². The Morgan fingerprint density at radius 2 is 1.57 bits per heavy atom. The fourth-order valence-corrected chi connectivity index (χ4v) is 4.48. The van der Waals surface area contributed by atoms with Crippen LogP contribution in [-0.4, -0.2) is 36.4 Å². The summed E-state index contributed by atoms with van der Waals surface area (Å²) in [5.41, 5.74) is 5.25. The highest BCUT2D eigenvalue weighted by Crippen LogP contribution is 2.37. The normalized spacial score (nSPS) is 20.8. The maximum atomic E-state index is 6.39. The van der Waals surface area contributed by atoms with Gasteiger partial charge >= 0.3 is 7.12 Å². The zero-order valence-corrected chi connectivity index (χ0v) is 18.5. The number of fused-ring (bicyclic) bond motifs is 1. The first kappa shape index (κ1) is 19.7. The van der Waals surface area contributed by atoms with Crippen LogP contribution in [0.25, 0.3) is 22.0 Å². The summed E-state index contributed by atoms with van der Waals surface area (Å²) in [6.07, 6.45) is 5.83. The number of aromatic nitrogens is 1. The van der Waals surface area contributed by atoms with Crippen molar-refractivity contribution in [2.45, 2.75) is 58.2 Å². The molecule has 0 saturated carbocycles. The van der Waals surface area contributed by atoms with Crippen molar-refractivity contribution in [1.82, 2.24) is 4.98 Å². The number of benzene rings is 2. The summed E-state index contributed by atoms with van der Waals surface area (Å²) in [6, 6.07) is 15.6. The van der Waals surface area contributed by atoms with E-state index in [-0.39, 0.29) is 18.3 Å². The predicted octanol–water partition coefficient (Wildman–Crippen LogP) is 5.12. The minimum absolute atomic E-state index is 0.345. The third kappa shape index (κ3) is 3.44. The Labute approximate surface area is 179 Å². The Bertz CT molecular complexity index is 1050. The summed E-state index contributed by atoms with van der Waals surface area (Å²) in [6.45, 7) is 10.7. The van der Waals surface area contributed by atoms with Gasteiger partial charge in [0.1, 0.15) is 0 Å². The number of aromatic amines is 1. The quantitative estimate of drug-likeness (QED) is 0.618. The number of rotatable bonds is 3. The minimum Gasteiger partial charge on any atom is -0.399 e. The van der Waals surface area contributed by atoms with Gasteiger partial charge in [-0.15, -0.1) is 0 Å². The molecule has 0 aliphatic carbocycles. The average Bonchev–Trinajstić information content (AvgIpc) is 3.29. The molecule has 2 aliphatic rings. The molecule has 2 saturated heterocycles. The summed E-state index contributed by atoms with van der Waals surface area (Å²) in [5.74, 6) is 0. The first-order valence-electron chi connectivity index (χ1n) is 11.2. The van der Waals surface area contributed by atoms with Gasteiger partial charge in [-0.2, -0.15) is 0 Å². The van der Waals surface area contributed by atoms with Crippen molar-refractivity contribution in [3.63, 3.8) is 0 Å². The highest BCUT2D eigenvalue weighted by atomic mass is 16.7. The Morgan fingerprint density at radius 1 is 0.833 bits per heavy atom. The Balaban J connectivity index is 1.58. The monoisotopic (exact) mass is 402 g/mol. The van der Waals surface area contributed by atoms with Gasteiger partial charge in [-0.1, -0.05) is 18.2 Å². The average molecular weight is 402 g/mol. The zero-order chi connectivity index (χ0) is 20.9. The maximum absolute atomic E-state index is 6.39. The Morgan fingerprint density at radius 3 is 2.30 bits per heavy atom. The molecule has 1 aromatic heterocycles. The van der Waals surface area contributed by atoms with Crippen LogP contribution in [0.15, 0.2) is 48.7 Å². The van der Waals surface area contributed by atoms with E-state index in [1.807, 2.05) is 6.20 Å². The zero-order valence-electron chi connectivity index (χ0n) is 18.5. The molecule has 2 aromatic carbocycles. The fraction of sp³-hybridized carbons (Fsp3) is 0.440. The summed E-state index contributed by atoms with van der Waals surface area (Å²) in [7, 11) is -0.354.